The Labute approximate surface area is 134 Å². The van der Waals surface area contributed by atoms with Gasteiger partial charge in [-0.1, -0.05) is 11.6 Å². The molecule has 0 bridgehead atoms. The quantitative estimate of drug-likeness (QED) is 0.935. The Hall–Kier alpha value is -1.52. The number of ether oxygens (including phenoxy) is 1. The monoisotopic (exact) mass is 319 g/mol. The molecule has 0 amide bonds. The highest BCUT2D eigenvalue weighted by Gasteiger charge is 2.24. The van der Waals surface area contributed by atoms with Crippen molar-refractivity contribution in [2.24, 2.45) is 5.92 Å². The van der Waals surface area contributed by atoms with Crippen LogP contribution in [0.2, 0.25) is 5.02 Å². The zero-order valence-electron chi connectivity index (χ0n) is 12.2. The predicted octanol–water partition coefficient (Wildman–Crippen LogP) is 3.63. The molecule has 2 aliphatic carbocycles. The number of benzene rings is 1. The Balaban J connectivity index is 1.55. The Morgan fingerprint density at radius 2 is 2.18 bits per heavy atom. The molecule has 22 heavy (non-hydrogen) atoms. The molecular weight excluding hydrogens is 302 g/mol. The fraction of sp³-hybridized carbons (Fsp3) is 0.471. The average molecular weight is 320 g/mol. The van der Waals surface area contributed by atoms with Crippen LogP contribution in [0.4, 0.5) is 0 Å². The third-order valence-electron chi connectivity index (χ3n) is 4.26. The Kier molecular flexibility index (Phi) is 3.59. The molecule has 5 heteroatoms. The lowest BCUT2D eigenvalue weighted by molar-refractivity contribution is 0.153. The van der Waals surface area contributed by atoms with Crippen molar-refractivity contribution in [3.8, 4) is 17.2 Å². The average Bonchev–Trinajstić information content (AvgIpc) is 3.23. The highest BCUT2D eigenvalue weighted by Crippen LogP contribution is 2.34. The van der Waals surface area contributed by atoms with Crippen molar-refractivity contribution in [1.29, 1.82) is 0 Å². The lowest BCUT2D eigenvalue weighted by atomic mass is 9.99. The van der Waals surface area contributed by atoms with Crippen LogP contribution in [0.25, 0.3) is 11.5 Å². The smallest absolute Gasteiger partial charge is 0.226 e. The summed E-state index contributed by atoms with van der Waals surface area (Å²) in [5, 5.41) is 10.3. The van der Waals surface area contributed by atoms with Crippen molar-refractivity contribution in [3.63, 3.8) is 0 Å². The second kappa shape index (κ2) is 5.60. The van der Waals surface area contributed by atoms with Crippen LogP contribution in [0.15, 0.2) is 22.6 Å². The molecule has 0 aliphatic heterocycles. The number of aryl methyl sites for hydroxylation is 1. The molecule has 1 fully saturated rings. The lowest BCUT2D eigenvalue weighted by Gasteiger charge is -2.13. The zero-order valence-corrected chi connectivity index (χ0v) is 13.0. The molecule has 1 heterocycles. The first-order valence-electron chi connectivity index (χ1n) is 7.78. The molecule has 1 atom stereocenters. The van der Waals surface area contributed by atoms with Gasteiger partial charge < -0.3 is 14.3 Å². The lowest BCUT2D eigenvalue weighted by Crippen LogP contribution is -2.17. The summed E-state index contributed by atoms with van der Waals surface area (Å²) in [4.78, 5) is 4.50. The fourth-order valence-electron chi connectivity index (χ4n) is 2.73. The molecule has 116 valence electrons. The van der Waals surface area contributed by atoms with E-state index in [0.717, 1.165) is 36.5 Å². The minimum absolute atomic E-state index is 0.313. The van der Waals surface area contributed by atoms with Gasteiger partial charge in [-0.25, -0.2) is 4.98 Å². The summed E-state index contributed by atoms with van der Waals surface area (Å²) in [6.07, 6.45) is 4.23. The van der Waals surface area contributed by atoms with Crippen molar-refractivity contribution < 1.29 is 14.3 Å². The van der Waals surface area contributed by atoms with Crippen LogP contribution in [0.3, 0.4) is 0 Å². The van der Waals surface area contributed by atoms with Crippen LogP contribution in [-0.2, 0) is 12.8 Å². The number of hydrogen-bond donors (Lipinski definition) is 1. The molecule has 1 aromatic carbocycles. The van der Waals surface area contributed by atoms with Gasteiger partial charge in [0.15, 0.2) is 0 Å². The summed E-state index contributed by atoms with van der Waals surface area (Å²) in [5.74, 6) is 2.85. The second-order valence-corrected chi connectivity index (χ2v) is 6.59. The normalized spacial score (nSPS) is 20.7. The highest BCUT2D eigenvalue weighted by molar-refractivity contribution is 6.32. The predicted molar refractivity (Wildman–Crippen MR) is 83.2 cm³/mol. The third kappa shape index (κ3) is 2.85. The maximum absolute atomic E-state index is 9.71. The number of nitrogens with zero attached hydrogens (tertiary/aromatic N) is 1. The van der Waals surface area contributed by atoms with Crippen LogP contribution < -0.4 is 4.74 Å². The third-order valence-corrected chi connectivity index (χ3v) is 4.56. The van der Waals surface area contributed by atoms with Crippen molar-refractivity contribution in [2.45, 2.75) is 38.2 Å². The van der Waals surface area contributed by atoms with Crippen molar-refractivity contribution in [1.82, 2.24) is 4.98 Å². The van der Waals surface area contributed by atoms with Gasteiger partial charge in [0.1, 0.15) is 11.5 Å². The van der Waals surface area contributed by atoms with E-state index < -0.39 is 0 Å². The first-order valence-corrected chi connectivity index (χ1v) is 8.16. The summed E-state index contributed by atoms with van der Waals surface area (Å²) >= 11 is 6.30. The van der Waals surface area contributed by atoms with Gasteiger partial charge >= 0.3 is 0 Å². The van der Waals surface area contributed by atoms with Crippen LogP contribution in [0.1, 0.15) is 30.7 Å². The van der Waals surface area contributed by atoms with Gasteiger partial charge in [-0.05, 0) is 43.4 Å². The number of aliphatic hydroxyl groups is 1. The standard InChI is InChI=1S/C17H18ClNO3/c18-13-7-11(3-5-15(13)21-9-10-1-2-10)17-19-14-8-12(20)4-6-16(14)22-17/h3,5,7,10,12,20H,1-2,4,6,8-9H2. The van der Waals surface area contributed by atoms with Gasteiger partial charge in [0.25, 0.3) is 0 Å². The molecule has 1 unspecified atom stereocenters. The first kappa shape index (κ1) is 14.1. The summed E-state index contributed by atoms with van der Waals surface area (Å²) in [7, 11) is 0. The molecule has 2 aliphatic rings. The Morgan fingerprint density at radius 1 is 1.32 bits per heavy atom. The van der Waals surface area contributed by atoms with Gasteiger partial charge in [0.2, 0.25) is 5.89 Å². The van der Waals surface area contributed by atoms with E-state index in [1.54, 1.807) is 0 Å². The molecule has 0 saturated heterocycles. The molecular formula is C17H18ClNO3. The first-order chi connectivity index (χ1) is 10.7. The molecule has 2 aromatic rings. The van der Waals surface area contributed by atoms with Gasteiger partial charge in [0, 0.05) is 18.4 Å². The van der Waals surface area contributed by atoms with Gasteiger partial charge in [-0.15, -0.1) is 0 Å². The topological polar surface area (TPSA) is 55.5 Å². The molecule has 1 aromatic heterocycles. The summed E-state index contributed by atoms with van der Waals surface area (Å²) in [6, 6.07) is 5.62. The van der Waals surface area contributed by atoms with Crippen LogP contribution >= 0.6 is 11.6 Å². The van der Waals surface area contributed by atoms with Crippen molar-refractivity contribution >= 4 is 11.6 Å². The van der Waals surface area contributed by atoms with E-state index in [0.29, 0.717) is 29.0 Å². The second-order valence-electron chi connectivity index (χ2n) is 6.19. The summed E-state index contributed by atoms with van der Waals surface area (Å²) < 4.78 is 11.6. The summed E-state index contributed by atoms with van der Waals surface area (Å²) in [5.41, 5.74) is 1.70. The number of fused-ring (bicyclic) bond motifs is 1. The maximum Gasteiger partial charge on any atom is 0.226 e. The van der Waals surface area contributed by atoms with Crippen LogP contribution in [-0.4, -0.2) is 22.8 Å². The SMILES string of the molecule is OC1CCc2oc(-c3ccc(OCC4CC4)c(Cl)c3)nc2C1. The van der Waals surface area contributed by atoms with E-state index in [1.807, 2.05) is 18.2 Å². The molecule has 4 rings (SSSR count). The molecule has 0 radical (unpaired) electrons. The number of aromatic nitrogens is 1. The van der Waals surface area contributed by atoms with E-state index in [9.17, 15) is 5.11 Å². The van der Waals surface area contributed by atoms with E-state index in [2.05, 4.69) is 4.98 Å². The highest BCUT2D eigenvalue weighted by atomic mass is 35.5. The van der Waals surface area contributed by atoms with Crippen LogP contribution in [0.5, 0.6) is 5.75 Å². The van der Waals surface area contributed by atoms with E-state index in [-0.39, 0.29) is 6.10 Å². The molecule has 1 saturated carbocycles. The molecule has 1 N–H and O–H groups in total. The minimum Gasteiger partial charge on any atom is -0.492 e. The minimum atomic E-state index is -0.313. The van der Waals surface area contributed by atoms with Gasteiger partial charge in [-0.2, -0.15) is 0 Å². The van der Waals surface area contributed by atoms with Gasteiger partial charge in [0.05, 0.1) is 23.4 Å². The fourth-order valence-corrected chi connectivity index (χ4v) is 2.96. The number of rotatable bonds is 4. The zero-order chi connectivity index (χ0) is 15.1. The van der Waals surface area contributed by atoms with Crippen LogP contribution in [0, 0.1) is 5.92 Å². The van der Waals surface area contributed by atoms with E-state index >= 15 is 0 Å². The number of halogens is 1. The summed E-state index contributed by atoms with van der Waals surface area (Å²) in [6.45, 7) is 0.740. The Morgan fingerprint density at radius 3 is 2.95 bits per heavy atom. The number of oxazole rings is 1. The molecule has 4 nitrogen and oxygen atoms in total. The number of aliphatic hydroxyl groups excluding tert-OH is 1. The Bertz CT molecular complexity index is 693. The largest absolute Gasteiger partial charge is 0.492 e. The van der Waals surface area contributed by atoms with Crippen molar-refractivity contribution in [3.05, 3.63) is 34.7 Å². The maximum atomic E-state index is 9.71. The number of hydrogen-bond acceptors (Lipinski definition) is 4. The van der Waals surface area contributed by atoms with Crippen molar-refractivity contribution in [2.75, 3.05) is 6.61 Å². The van der Waals surface area contributed by atoms with Gasteiger partial charge in [-0.3, -0.25) is 0 Å². The van der Waals surface area contributed by atoms with E-state index in [1.165, 1.54) is 12.8 Å². The van der Waals surface area contributed by atoms with E-state index in [4.69, 9.17) is 20.8 Å². The molecule has 0 spiro atoms.